The molecule has 2 rings (SSSR count). The Bertz CT molecular complexity index is 591. The number of hydrogen-bond acceptors (Lipinski definition) is 3. The van der Waals surface area contributed by atoms with Crippen molar-refractivity contribution in [2.75, 3.05) is 22.9 Å². The summed E-state index contributed by atoms with van der Waals surface area (Å²) in [6.45, 7) is 12.7. The first-order valence-corrected chi connectivity index (χ1v) is 7.90. The maximum Gasteiger partial charge on any atom is 0.328 e. The molecule has 0 bridgehead atoms. The molecule has 1 aromatic rings. The zero-order valence-electron chi connectivity index (χ0n) is 14.1. The molecule has 1 heterocycles. The number of carboxylic acid groups (broad SMARTS) is 1. The lowest BCUT2D eigenvalue weighted by Gasteiger charge is -2.43. The van der Waals surface area contributed by atoms with E-state index >= 15 is 0 Å². The Balaban J connectivity index is 2.50. The smallest absolute Gasteiger partial charge is 0.328 e. The lowest BCUT2D eigenvalue weighted by molar-refractivity contribution is -0.131. The molecule has 1 N–H and O–H groups in total. The van der Waals surface area contributed by atoms with Crippen molar-refractivity contribution in [3.63, 3.8) is 0 Å². The molecule has 1 aliphatic rings. The van der Waals surface area contributed by atoms with Crippen molar-refractivity contribution in [2.45, 2.75) is 46.7 Å². The summed E-state index contributed by atoms with van der Waals surface area (Å²) in [4.78, 5) is 15.7. The summed E-state index contributed by atoms with van der Waals surface area (Å²) in [6.07, 6.45) is 1.27. The molecule has 22 heavy (non-hydrogen) atoms. The lowest BCUT2D eigenvalue weighted by Crippen LogP contribution is -2.46. The predicted octanol–water partition coefficient (Wildman–Crippen LogP) is 3.62. The molecular weight excluding hydrogens is 276 g/mol. The Morgan fingerprint density at radius 2 is 1.64 bits per heavy atom. The number of carbonyl (C=O) groups is 1. The largest absolute Gasteiger partial charge is 0.478 e. The molecular formula is C18H26N2O2. The van der Waals surface area contributed by atoms with Gasteiger partial charge in [0, 0.05) is 31.2 Å². The van der Waals surface area contributed by atoms with E-state index in [1.165, 1.54) is 17.5 Å². The van der Waals surface area contributed by atoms with Crippen LogP contribution in [0.1, 0.15) is 40.2 Å². The quantitative estimate of drug-likeness (QED) is 0.863. The Morgan fingerprint density at radius 1 is 1.09 bits per heavy atom. The molecule has 0 aromatic heterocycles. The van der Waals surface area contributed by atoms with E-state index in [-0.39, 0.29) is 0 Å². The van der Waals surface area contributed by atoms with E-state index in [0.717, 1.165) is 24.2 Å². The minimum absolute atomic E-state index is 0.423. The summed E-state index contributed by atoms with van der Waals surface area (Å²) in [7, 11) is 0. The van der Waals surface area contributed by atoms with Crippen LogP contribution in [0.5, 0.6) is 0 Å². The third-order valence-electron chi connectivity index (χ3n) is 4.22. The first kappa shape index (κ1) is 16.4. The number of carboxylic acids is 1. The highest BCUT2D eigenvalue weighted by atomic mass is 16.4. The number of anilines is 2. The van der Waals surface area contributed by atoms with Crippen LogP contribution in [0.25, 0.3) is 5.57 Å². The van der Waals surface area contributed by atoms with Gasteiger partial charge >= 0.3 is 5.97 Å². The van der Waals surface area contributed by atoms with E-state index in [1.807, 2.05) is 13.0 Å². The summed E-state index contributed by atoms with van der Waals surface area (Å²) in [5.41, 5.74) is 4.19. The highest BCUT2D eigenvalue weighted by Crippen LogP contribution is 2.37. The van der Waals surface area contributed by atoms with E-state index in [1.54, 1.807) is 0 Å². The van der Waals surface area contributed by atoms with Crippen LogP contribution in [-0.4, -0.2) is 36.2 Å². The van der Waals surface area contributed by atoms with Crippen LogP contribution in [0.3, 0.4) is 0 Å². The number of allylic oxidation sites excluding steroid dienone is 1. The van der Waals surface area contributed by atoms with E-state index in [9.17, 15) is 4.79 Å². The lowest BCUT2D eigenvalue weighted by atomic mass is 10.0. The molecule has 0 saturated carbocycles. The fraction of sp³-hybridized carbons (Fsp3) is 0.500. The van der Waals surface area contributed by atoms with Crippen molar-refractivity contribution in [1.82, 2.24) is 0 Å². The molecule has 4 heteroatoms. The van der Waals surface area contributed by atoms with Crippen molar-refractivity contribution in [1.29, 1.82) is 0 Å². The first-order valence-electron chi connectivity index (χ1n) is 7.90. The van der Waals surface area contributed by atoms with Gasteiger partial charge in [-0.2, -0.15) is 0 Å². The van der Waals surface area contributed by atoms with Gasteiger partial charge in [-0.1, -0.05) is 6.07 Å². The molecule has 0 aliphatic carbocycles. The maximum atomic E-state index is 10.9. The van der Waals surface area contributed by atoms with Gasteiger partial charge in [-0.3, -0.25) is 0 Å². The van der Waals surface area contributed by atoms with Crippen LogP contribution in [0.2, 0.25) is 0 Å². The van der Waals surface area contributed by atoms with E-state index in [2.05, 4.69) is 49.6 Å². The number of fused-ring (bicyclic) bond motifs is 1. The summed E-state index contributed by atoms with van der Waals surface area (Å²) in [5, 5.41) is 8.94. The van der Waals surface area contributed by atoms with Crippen LogP contribution in [-0.2, 0) is 4.79 Å². The number of hydrogen-bond donors (Lipinski definition) is 1. The molecule has 0 unspecified atom stereocenters. The van der Waals surface area contributed by atoms with Gasteiger partial charge in [-0.05, 0) is 57.9 Å². The highest BCUT2D eigenvalue weighted by molar-refractivity contribution is 5.90. The summed E-state index contributed by atoms with van der Waals surface area (Å²) >= 11 is 0. The molecule has 1 aliphatic heterocycles. The minimum atomic E-state index is -0.903. The van der Waals surface area contributed by atoms with Crippen LogP contribution in [0, 0.1) is 0 Å². The van der Waals surface area contributed by atoms with Gasteiger partial charge in [0.25, 0.3) is 0 Å². The molecule has 0 radical (unpaired) electrons. The Kier molecular flexibility index (Phi) is 4.79. The van der Waals surface area contributed by atoms with E-state index in [0.29, 0.717) is 12.1 Å². The molecule has 0 fully saturated rings. The molecule has 0 saturated heterocycles. The van der Waals surface area contributed by atoms with Crippen molar-refractivity contribution >= 4 is 22.9 Å². The van der Waals surface area contributed by atoms with Crippen molar-refractivity contribution < 1.29 is 9.90 Å². The third kappa shape index (κ3) is 3.26. The minimum Gasteiger partial charge on any atom is -0.478 e. The second kappa shape index (κ2) is 6.42. The Labute approximate surface area is 133 Å². The molecule has 1 aromatic carbocycles. The SMILES string of the molecule is C/C(=C\C(=O)O)c1ccc2c(c1)N(C(C)C)CCN2C(C)C. The molecule has 0 spiro atoms. The zero-order valence-corrected chi connectivity index (χ0v) is 14.1. The van der Waals surface area contributed by atoms with E-state index in [4.69, 9.17) is 5.11 Å². The van der Waals surface area contributed by atoms with Gasteiger partial charge in [0.2, 0.25) is 0 Å². The van der Waals surface area contributed by atoms with Crippen LogP contribution < -0.4 is 9.80 Å². The van der Waals surface area contributed by atoms with E-state index < -0.39 is 5.97 Å². The monoisotopic (exact) mass is 302 g/mol. The normalized spacial score (nSPS) is 15.5. The van der Waals surface area contributed by atoms with Crippen molar-refractivity contribution in [3.05, 3.63) is 29.8 Å². The average molecular weight is 302 g/mol. The highest BCUT2D eigenvalue weighted by Gasteiger charge is 2.26. The fourth-order valence-electron chi connectivity index (χ4n) is 3.04. The van der Waals surface area contributed by atoms with Gasteiger partial charge in [-0.15, -0.1) is 0 Å². The standard InChI is InChI=1S/C18H26N2O2/c1-12(2)19-8-9-20(13(3)4)17-11-15(6-7-16(17)19)14(5)10-18(21)22/h6-7,10-13H,8-9H2,1-5H3,(H,21,22)/b14-10+. The number of rotatable bonds is 4. The zero-order chi connectivity index (χ0) is 16.4. The van der Waals surface area contributed by atoms with Gasteiger partial charge < -0.3 is 14.9 Å². The van der Waals surface area contributed by atoms with Gasteiger partial charge in [0.05, 0.1) is 11.4 Å². The first-order chi connectivity index (χ1) is 10.3. The molecule has 0 atom stereocenters. The summed E-state index contributed by atoms with van der Waals surface area (Å²) in [6, 6.07) is 7.14. The number of aliphatic carboxylic acids is 1. The second-order valence-corrected chi connectivity index (χ2v) is 6.44. The topological polar surface area (TPSA) is 43.8 Å². The average Bonchev–Trinajstić information content (AvgIpc) is 2.44. The van der Waals surface area contributed by atoms with Crippen molar-refractivity contribution in [3.8, 4) is 0 Å². The van der Waals surface area contributed by atoms with Crippen LogP contribution in [0.15, 0.2) is 24.3 Å². The maximum absolute atomic E-state index is 10.9. The molecule has 120 valence electrons. The summed E-state index contributed by atoms with van der Waals surface area (Å²) < 4.78 is 0. The van der Waals surface area contributed by atoms with Crippen LogP contribution in [0.4, 0.5) is 11.4 Å². The number of nitrogens with zero attached hydrogens (tertiary/aromatic N) is 2. The number of benzene rings is 1. The van der Waals surface area contributed by atoms with Gasteiger partial charge in [0.1, 0.15) is 0 Å². The Morgan fingerprint density at radius 3 is 2.14 bits per heavy atom. The van der Waals surface area contributed by atoms with Crippen molar-refractivity contribution in [2.24, 2.45) is 0 Å². The molecule has 0 amide bonds. The molecule has 4 nitrogen and oxygen atoms in total. The summed E-state index contributed by atoms with van der Waals surface area (Å²) in [5.74, 6) is -0.903. The van der Waals surface area contributed by atoms with Gasteiger partial charge in [0.15, 0.2) is 0 Å². The second-order valence-electron chi connectivity index (χ2n) is 6.44. The fourth-order valence-corrected chi connectivity index (χ4v) is 3.04. The Hall–Kier alpha value is -1.97. The third-order valence-corrected chi connectivity index (χ3v) is 4.22. The van der Waals surface area contributed by atoms with Gasteiger partial charge in [-0.25, -0.2) is 4.79 Å². The predicted molar refractivity (Wildman–Crippen MR) is 92.7 cm³/mol. The van der Waals surface area contributed by atoms with Crippen LogP contribution >= 0.6 is 0 Å².